The number of unbranched alkanes of at least 4 members (excludes halogenated alkanes) is 1. The third-order valence-electron chi connectivity index (χ3n) is 4.32. The van der Waals surface area contributed by atoms with Crippen molar-refractivity contribution in [1.82, 2.24) is 15.6 Å². The summed E-state index contributed by atoms with van der Waals surface area (Å²) < 4.78 is 5.29. The largest absolute Gasteiger partial charge is 0.384 e. The average Bonchev–Trinajstić information content (AvgIpc) is 2.60. The van der Waals surface area contributed by atoms with E-state index in [1.165, 1.54) is 0 Å². The molecule has 1 amide bonds. The van der Waals surface area contributed by atoms with E-state index < -0.39 is 0 Å². The Balaban J connectivity index is 1.63. The summed E-state index contributed by atoms with van der Waals surface area (Å²) in [6.07, 6.45) is 5.40. The van der Waals surface area contributed by atoms with Gasteiger partial charge in [-0.3, -0.25) is 4.79 Å². The van der Waals surface area contributed by atoms with Crippen LogP contribution >= 0.6 is 0 Å². The van der Waals surface area contributed by atoms with Crippen LogP contribution in [0.5, 0.6) is 0 Å². The standard InChI is InChI=1S/C17H28N4O2/c1-23-14-17(7-12-18-13-8-17)16(22)21-11-5-4-10-20-15-6-2-3-9-19-15/h2-3,6,9,18H,4-5,7-8,10-14H2,1H3,(H,19,20)(H,21,22). The molecule has 6 heteroatoms. The van der Waals surface area contributed by atoms with E-state index in [9.17, 15) is 4.79 Å². The Kier molecular flexibility index (Phi) is 7.29. The number of pyridine rings is 1. The number of nitrogens with one attached hydrogen (secondary N) is 3. The van der Waals surface area contributed by atoms with Crippen LogP contribution in [-0.4, -0.2) is 50.8 Å². The van der Waals surface area contributed by atoms with Crippen LogP contribution in [0.2, 0.25) is 0 Å². The molecular formula is C17H28N4O2. The minimum absolute atomic E-state index is 0.138. The summed E-state index contributed by atoms with van der Waals surface area (Å²) in [5.74, 6) is 1.03. The zero-order valence-electron chi connectivity index (χ0n) is 13.9. The summed E-state index contributed by atoms with van der Waals surface area (Å²) in [7, 11) is 1.67. The second kappa shape index (κ2) is 9.47. The predicted molar refractivity (Wildman–Crippen MR) is 91.4 cm³/mol. The van der Waals surface area contributed by atoms with Crippen molar-refractivity contribution in [1.29, 1.82) is 0 Å². The van der Waals surface area contributed by atoms with Crippen molar-refractivity contribution in [2.24, 2.45) is 5.41 Å². The SMILES string of the molecule is COCC1(C(=O)NCCCCNc2ccccn2)CCNCC1. The molecule has 0 saturated carbocycles. The molecule has 0 spiro atoms. The van der Waals surface area contributed by atoms with Gasteiger partial charge in [-0.1, -0.05) is 6.07 Å². The Hall–Kier alpha value is -1.66. The highest BCUT2D eigenvalue weighted by atomic mass is 16.5. The lowest BCUT2D eigenvalue weighted by Crippen LogP contribution is -2.50. The lowest BCUT2D eigenvalue weighted by Gasteiger charge is -2.35. The summed E-state index contributed by atoms with van der Waals surface area (Å²) in [4.78, 5) is 16.7. The van der Waals surface area contributed by atoms with Crippen molar-refractivity contribution in [3.63, 3.8) is 0 Å². The zero-order chi connectivity index (χ0) is 16.4. The minimum Gasteiger partial charge on any atom is -0.384 e. The minimum atomic E-state index is -0.355. The third-order valence-corrected chi connectivity index (χ3v) is 4.32. The molecule has 1 aromatic heterocycles. The quantitative estimate of drug-likeness (QED) is 0.600. The summed E-state index contributed by atoms with van der Waals surface area (Å²) >= 11 is 0. The summed E-state index contributed by atoms with van der Waals surface area (Å²) in [6, 6.07) is 5.81. The Morgan fingerprint density at radius 2 is 2.09 bits per heavy atom. The maximum absolute atomic E-state index is 12.5. The van der Waals surface area contributed by atoms with E-state index in [1.54, 1.807) is 13.3 Å². The Morgan fingerprint density at radius 3 is 2.78 bits per heavy atom. The number of amides is 1. The second-order valence-electron chi connectivity index (χ2n) is 6.07. The van der Waals surface area contributed by atoms with E-state index in [-0.39, 0.29) is 11.3 Å². The fraction of sp³-hybridized carbons (Fsp3) is 0.647. The first-order chi connectivity index (χ1) is 11.3. The molecule has 23 heavy (non-hydrogen) atoms. The number of anilines is 1. The van der Waals surface area contributed by atoms with Crippen LogP contribution in [-0.2, 0) is 9.53 Å². The molecule has 128 valence electrons. The molecule has 1 aromatic rings. The maximum Gasteiger partial charge on any atom is 0.228 e. The highest BCUT2D eigenvalue weighted by molar-refractivity contribution is 5.82. The van der Waals surface area contributed by atoms with Crippen LogP contribution in [0.25, 0.3) is 0 Å². The van der Waals surface area contributed by atoms with Gasteiger partial charge >= 0.3 is 0 Å². The molecule has 1 aliphatic rings. The molecule has 3 N–H and O–H groups in total. The van der Waals surface area contributed by atoms with Crippen molar-refractivity contribution in [3.05, 3.63) is 24.4 Å². The van der Waals surface area contributed by atoms with Crippen molar-refractivity contribution in [2.45, 2.75) is 25.7 Å². The number of carbonyl (C=O) groups is 1. The molecular weight excluding hydrogens is 292 g/mol. The Labute approximate surface area is 138 Å². The maximum atomic E-state index is 12.5. The van der Waals surface area contributed by atoms with Gasteiger partial charge in [0.1, 0.15) is 5.82 Å². The molecule has 1 saturated heterocycles. The molecule has 0 unspecified atom stereocenters. The highest BCUT2D eigenvalue weighted by Gasteiger charge is 2.39. The van der Waals surface area contributed by atoms with Gasteiger partial charge < -0.3 is 20.7 Å². The highest BCUT2D eigenvalue weighted by Crippen LogP contribution is 2.29. The van der Waals surface area contributed by atoms with Crippen molar-refractivity contribution in [2.75, 3.05) is 45.2 Å². The average molecular weight is 320 g/mol. The van der Waals surface area contributed by atoms with Crippen LogP contribution in [0, 0.1) is 5.41 Å². The number of piperidine rings is 1. The van der Waals surface area contributed by atoms with E-state index >= 15 is 0 Å². The van der Waals surface area contributed by atoms with Crippen molar-refractivity contribution >= 4 is 11.7 Å². The predicted octanol–water partition coefficient (Wildman–Crippen LogP) is 1.41. The Bertz CT molecular complexity index is 455. The van der Waals surface area contributed by atoms with Gasteiger partial charge in [0.2, 0.25) is 5.91 Å². The van der Waals surface area contributed by atoms with Gasteiger partial charge in [-0.25, -0.2) is 4.98 Å². The zero-order valence-corrected chi connectivity index (χ0v) is 13.9. The number of methoxy groups -OCH3 is 1. The van der Waals surface area contributed by atoms with E-state index in [0.29, 0.717) is 13.2 Å². The van der Waals surface area contributed by atoms with Crippen molar-refractivity contribution in [3.8, 4) is 0 Å². The molecule has 0 radical (unpaired) electrons. The van der Waals surface area contributed by atoms with E-state index in [0.717, 1.165) is 51.1 Å². The molecule has 1 fully saturated rings. The fourth-order valence-corrected chi connectivity index (χ4v) is 2.94. The van der Waals surface area contributed by atoms with Gasteiger partial charge in [-0.05, 0) is 50.9 Å². The number of rotatable bonds is 9. The number of carbonyl (C=O) groups excluding carboxylic acids is 1. The molecule has 6 nitrogen and oxygen atoms in total. The van der Waals surface area contributed by atoms with Crippen LogP contribution in [0.4, 0.5) is 5.82 Å². The van der Waals surface area contributed by atoms with Crippen LogP contribution in [0.3, 0.4) is 0 Å². The first-order valence-corrected chi connectivity index (χ1v) is 8.40. The number of aromatic nitrogens is 1. The topological polar surface area (TPSA) is 75.3 Å². The second-order valence-corrected chi connectivity index (χ2v) is 6.07. The first kappa shape index (κ1) is 17.7. The van der Waals surface area contributed by atoms with Crippen molar-refractivity contribution < 1.29 is 9.53 Å². The van der Waals surface area contributed by atoms with Crippen LogP contribution in [0.1, 0.15) is 25.7 Å². The summed E-state index contributed by atoms with van der Waals surface area (Å²) in [6.45, 7) is 3.83. The first-order valence-electron chi connectivity index (χ1n) is 8.40. The smallest absolute Gasteiger partial charge is 0.228 e. The van der Waals surface area contributed by atoms with Crippen LogP contribution in [0.15, 0.2) is 24.4 Å². The van der Waals surface area contributed by atoms with E-state index in [2.05, 4.69) is 20.9 Å². The van der Waals surface area contributed by atoms with Gasteiger partial charge in [0, 0.05) is 26.4 Å². The summed E-state index contributed by atoms with van der Waals surface area (Å²) in [5.41, 5.74) is -0.355. The lowest BCUT2D eigenvalue weighted by atomic mass is 9.78. The molecule has 0 aromatic carbocycles. The normalized spacial score (nSPS) is 16.7. The molecule has 0 aliphatic carbocycles. The molecule has 0 bridgehead atoms. The number of hydrogen-bond donors (Lipinski definition) is 3. The van der Waals surface area contributed by atoms with Crippen LogP contribution < -0.4 is 16.0 Å². The number of hydrogen-bond acceptors (Lipinski definition) is 5. The van der Waals surface area contributed by atoms with Gasteiger partial charge in [-0.2, -0.15) is 0 Å². The number of nitrogens with zero attached hydrogens (tertiary/aromatic N) is 1. The monoisotopic (exact) mass is 320 g/mol. The van der Waals surface area contributed by atoms with Gasteiger partial charge in [-0.15, -0.1) is 0 Å². The Morgan fingerprint density at radius 1 is 1.30 bits per heavy atom. The van der Waals surface area contributed by atoms with Gasteiger partial charge in [0.25, 0.3) is 0 Å². The lowest BCUT2D eigenvalue weighted by molar-refractivity contribution is -0.136. The van der Waals surface area contributed by atoms with E-state index in [4.69, 9.17) is 4.74 Å². The van der Waals surface area contributed by atoms with Gasteiger partial charge in [0.05, 0.1) is 12.0 Å². The summed E-state index contributed by atoms with van der Waals surface area (Å²) in [5, 5.41) is 9.66. The fourth-order valence-electron chi connectivity index (χ4n) is 2.94. The number of ether oxygens (including phenoxy) is 1. The molecule has 1 aliphatic heterocycles. The van der Waals surface area contributed by atoms with Gasteiger partial charge in [0.15, 0.2) is 0 Å². The molecule has 0 atom stereocenters. The third kappa shape index (κ3) is 5.48. The molecule has 2 heterocycles. The molecule has 2 rings (SSSR count). The van der Waals surface area contributed by atoms with E-state index in [1.807, 2.05) is 18.2 Å².